The van der Waals surface area contributed by atoms with Gasteiger partial charge < -0.3 is 5.32 Å². The van der Waals surface area contributed by atoms with Crippen LogP contribution in [0, 0.1) is 6.92 Å². The quantitative estimate of drug-likeness (QED) is 0.844. The van der Waals surface area contributed by atoms with Crippen molar-refractivity contribution in [3.63, 3.8) is 0 Å². The minimum atomic E-state index is -2.99. The second-order valence-electron chi connectivity index (χ2n) is 5.63. The van der Waals surface area contributed by atoms with Gasteiger partial charge in [-0.25, -0.2) is 8.42 Å². The molecule has 0 spiro atoms. The average Bonchev–Trinajstić information content (AvgIpc) is 3.06. The normalized spacial score (nSPS) is 20.5. The van der Waals surface area contributed by atoms with Crippen molar-refractivity contribution in [2.45, 2.75) is 39.4 Å². The minimum Gasteiger partial charge on any atom is -0.351 e. The van der Waals surface area contributed by atoms with Crippen LogP contribution < -0.4 is 5.32 Å². The van der Waals surface area contributed by atoms with Crippen LogP contribution in [-0.4, -0.2) is 51.4 Å². The summed E-state index contributed by atoms with van der Waals surface area (Å²) in [6, 6.07) is -0.282. The first-order valence-corrected chi connectivity index (χ1v) is 9.10. The molecule has 1 aliphatic rings. The maximum Gasteiger partial charge on any atom is 0.241 e. The molecule has 8 nitrogen and oxygen atoms in total. The first-order valence-electron chi connectivity index (χ1n) is 7.28. The number of carbonyl (C=O) groups excluding carboxylic acids is 1. The molecule has 120 valence electrons. The van der Waals surface area contributed by atoms with E-state index in [0.717, 1.165) is 23.3 Å². The van der Waals surface area contributed by atoms with E-state index >= 15 is 0 Å². The van der Waals surface area contributed by atoms with E-state index < -0.39 is 9.84 Å². The Morgan fingerprint density at radius 1 is 1.45 bits per heavy atom. The first-order chi connectivity index (χ1) is 10.4. The highest BCUT2D eigenvalue weighted by molar-refractivity contribution is 7.91. The molecule has 9 heteroatoms. The SMILES string of the molecule is CCn1nc(C)c2nn(CC(=O)N[C@@H]3CCS(=O)(=O)C3)cc21. The Labute approximate surface area is 128 Å². The lowest BCUT2D eigenvalue weighted by molar-refractivity contribution is -0.122. The summed E-state index contributed by atoms with van der Waals surface area (Å²) in [5.74, 6) is -0.0420. The van der Waals surface area contributed by atoms with Gasteiger partial charge >= 0.3 is 0 Å². The molecule has 0 unspecified atom stereocenters. The third-order valence-electron chi connectivity index (χ3n) is 3.84. The van der Waals surface area contributed by atoms with Gasteiger partial charge in [0.25, 0.3) is 0 Å². The lowest BCUT2D eigenvalue weighted by Crippen LogP contribution is -2.37. The molecule has 1 atom stereocenters. The van der Waals surface area contributed by atoms with E-state index in [0.29, 0.717) is 6.42 Å². The van der Waals surface area contributed by atoms with Gasteiger partial charge in [-0.3, -0.25) is 14.2 Å². The van der Waals surface area contributed by atoms with Crippen molar-refractivity contribution in [1.29, 1.82) is 0 Å². The summed E-state index contributed by atoms with van der Waals surface area (Å²) in [5, 5.41) is 11.5. The molecule has 2 aromatic heterocycles. The molecular weight excluding hydrogens is 306 g/mol. The summed E-state index contributed by atoms with van der Waals surface area (Å²) in [5.41, 5.74) is 2.52. The molecule has 0 aromatic carbocycles. The molecule has 1 fully saturated rings. The van der Waals surface area contributed by atoms with Gasteiger partial charge in [0.2, 0.25) is 5.91 Å². The number of nitrogens with zero attached hydrogens (tertiary/aromatic N) is 4. The van der Waals surface area contributed by atoms with Gasteiger partial charge in [-0.1, -0.05) is 0 Å². The minimum absolute atomic E-state index is 0.0315. The third kappa shape index (κ3) is 2.85. The molecule has 1 N–H and O–H groups in total. The van der Waals surface area contributed by atoms with Crippen molar-refractivity contribution >= 4 is 26.8 Å². The molecule has 3 heterocycles. The number of hydrogen-bond donors (Lipinski definition) is 1. The number of amides is 1. The Kier molecular flexibility index (Phi) is 3.67. The highest BCUT2D eigenvalue weighted by Gasteiger charge is 2.28. The zero-order chi connectivity index (χ0) is 15.9. The number of hydrogen-bond acceptors (Lipinski definition) is 5. The third-order valence-corrected chi connectivity index (χ3v) is 5.60. The van der Waals surface area contributed by atoms with Crippen LogP contribution in [0.4, 0.5) is 0 Å². The fourth-order valence-corrected chi connectivity index (χ4v) is 4.46. The summed E-state index contributed by atoms with van der Waals surface area (Å²) in [6.45, 7) is 4.70. The van der Waals surface area contributed by atoms with Gasteiger partial charge in [-0.05, 0) is 20.3 Å². The van der Waals surface area contributed by atoms with E-state index in [2.05, 4.69) is 15.5 Å². The Morgan fingerprint density at radius 2 is 2.23 bits per heavy atom. The average molecular weight is 325 g/mol. The van der Waals surface area contributed by atoms with Crippen LogP contribution >= 0.6 is 0 Å². The van der Waals surface area contributed by atoms with Gasteiger partial charge in [0.15, 0.2) is 9.84 Å². The fraction of sp³-hybridized carbons (Fsp3) is 0.615. The number of carbonyl (C=O) groups is 1. The summed E-state index contributed by atoms with van der Waals surface area (Å²) in [7, 11) is -2.99. The maximum absolute atomic E-state index is 12.0. The summed E-state index contributed by atoms with van der Waals surface area (Å²) < 4.78 is 26.2. The van der Waals surface area contributed by atoms with Crippen molar-refractivity contribution in [3.8, 4) is 0 Å². The number of nitrogens with one attached hydrogen (secondary N) is 1. The van der Waals surface area contributed by atoms with E-state index in [1.165, 1.54) is 0 Å². The van der Waals surface area contributed by atoms with E-state index in [4.69, 9.17) is 0 Å². The van der Waals surface area contributed by atoms with Crippen molar-refractivity contribution in [2.24, 2.45) is 0 Å². The second kappa shape index (κ2) is 5.38. The van der Waals surface area contributed by atoms with Crippen LogP contribution in [0.25, 0.3) is 11.0 Å². The highest BCUT2D eigenvalue weighted by atomic mass is 32.2. The van der Waals surface area contributed by atoms with Crippen molar-refractivity contribution in [1.82, 2.24) is 24.9 Å². The molecule has 1 amide bonds. The standard InChI is InChI=1S/C13H19N5O3S/c1-3-18-11-6-17(16-13(11)9(2)15-18)7-12(19)14-10-4-5-22(20,21)8-10/h6,10H,3-5,7-8H2,1-2H3,(H,14,19)/t10-/m1/s1. The van der Waals surface area contributed by atoms with Crippen LogP contribution in [0.2, 0.25) is 0 Å². The first kappa shape index (κ1) is 15.0. The predicted octanol–water partition coefficient (Wildman–Crippen LogP) is -0.136. The predicted molar refractivity (Wildman–Crippen MR) is 81.1 cm³/mol. The van der Waals surface area contributed by atoms with E-state index in [1.54, 1.807) is 10.9 Å². The van der Waals surface area contributed by atoms with Crippen LogP contribution in [-0.2, 0) is 27.7 Å². The van der Waals surface area contributed by atoms with Crippen LogP contribution in [0.15, 0.2) is 6.20 Å². The molecule has 1 aliphatic heterocycles. The van der Waals surface area contributed by atoms with Crippen LogP contribution in [0.5, 0.6) is 0 Å². The van der Waals surface area contributed by atoms with Gasteiger partial charge in [-0.15, -0.1) is 0 Å². The van der Waals surface area contributed by atoms with Crippen LogP contribution in [0.3, 0.4) is 0 Å². The van der Waals surface area contributed by atoms with Crippen molar-refractivity contribution in [2.75, 3.05) is 11.5 Å². The van der Waals surface area contributed by atoms with E-state index in [9.17, 15) is 13.2 Å². The Balaban J connectivity index is 1.69. The Hall–Kier alpha value is -1.90. The van der Waals surface area contributed by atoms with E-state index in [1.807, 2.05) is 18.5 Å². The smallest absolute Gasteiger partial charge is 0.241 e. The van der Waals surface area contributed by atoms with Gasteiger partial charge in [-0.2, -0.15) is 10.2 Å². The zero-order valence-corrected chi connectivity index (χ0v) is 13.4. The zero-order valence-electron chi connectivity index (χ0n) is 12.6. The molecule has 1 saturated heterocycles. The monoisotopic (exact) mass is 325 g/mol. The molecule has 22 heavy (non-hydrogen) atoms. The molecule has 0 radical (unpaired) electrons. The molecule has 2 aromatic rings. The van der Waals surface area contributed by atoms with E-state index in [-0.39, 0.29) is 30.0 Å². The Morgan fingerprint density at radius 3 is 2.86 bits per heavy atom. The van der Waals surface area contributed by atoms with Gasteiger partial charge in [0, 0.05) is 12.6 Å². The summed E-state index contributed by atoms with van der Waals surface area (Å²) in [6.07, 6.45) is 2.28. The number of aromatic nitrogens is 4. The highest BCUT2D eigenvalue weighted by Crippen LogP contribution is 2.16. The number of aryl methyl sites for hydroxylation is 2. The largest absolute Gasteiger partial charge is 0.351 e. The fourth-order valence-electron chi connectivity index (χ4n) is 2.79. The van der Waals surface area contributed by atoms with Crippen molar-refractivity contribution < 1.29 is 13.2 Å². The molecular formula is C13H19N5O3S. The van der Waals surface area contributed by atoms with Gasteiger partial charge in [0.05, 0.1) is 23.4 Å². The number of sulfone groups is 1. The number of rotatable bonds is 4. The molecule has 3 rings (SSSR count). The summed E-state index contributed by atoms with van der Waals surface area (Å²) in [4.78, 5) is 12.0. The summed E-state index contributed by atoms with van der Waals surface area (Å²) >= 11 is 0. The van der Waals surface area contributed by atoms with Crippen molar-refractivity contribution in [3.05, 3.63) is 11.9 Å². The topological polar surface area (TPSA) is 98.9 Å². The lowest BCUT2D eigenvalue weighted by atomic mass is 10.2. The molecule has 0 aliphatic carbocycles. The number of fused-ring (bicyclic) bond motifs is 1. The lowest BCUT2D eigenvalue weighted by Gasteiger charge is -2.10. The maximum atomic E-state index is 12.0. The van der Waals surface area contributed by atoms with Crippen LogP contribution in [0.1, 0.15) is 19.0 Å². The second-order valence-corrected chi connectivity index (χ2v) is 7.86. The van der Waals surface area contributed by atoms with Gasteiger partial charge in [0.1, 0.15) is 17.6 Å². The molecule has 0 saturated carbocycles. The molecule has 0 bridgehead atoms. The Bertz CT molecular complexity index is 820.